The molecule has 0 amide bonds. The Balaban J connectivity index is 2.92. The van der Waals surface area contributed by atoms with E-state index in [9.17, 15) is 4.79 Å². The molecular formula is C15H23NO2. The molecule has 3 heteroatoms. The fourth-order valence-corrected chi connectivity index (χ4v) is 2.02. The Hall–Kier alpha value is -1.51. The van der Waals surface area contributed by atoms with Gasteiger partial charge in [-0.1, -0.05) is 31.5 Å². The number of anilines is 1. The zero-order chi connectivity index (χ0) is 13.6. The number of aryl methyl sites for hydroxylation is 1. The Labute approximate surface area is 110 Å². The van der Waals surface area contributed by atoms with Crippen molar-refractivity contribution in [2.45, 2.75) is 46.1 Å². The summed E-state index contributed by atoms with van der Waals surface area (Å²) >= 11 is 0. The number of carbonyl (C=O) groups excluding carboxylic acids is 1. The molecule has 0 saturated heterocycles. The van der Waals surface area contributed by atoms with Crippen molar-refractivity contribution in [2.75, 3.05) is 11.9 Å². The van der Waals surface area contributed by atoms with Crippen LogP contribution in [0.1, 0.15) is 39.2 Å². The highest BCUT2D eigenvalue weighted by molar-refractivity contribution is 5.84. The average molecular weight is 249 g/mol. The van der Waals surface area contributed by atoms with Gasteiger partial charge >= 0.3 is 5.97 Å². The molecule has 0 radical (unpaired) electrons. The summed E-state index contributed by atoms with van der Waals surface area (Å²) in [5.41, 5.74) is 1.46. The van der Waals surface area contributed by atoms with E-state index >= 15 is 0 Å². The smallest absolute Gasteiger partial charge is 0.331 e. The predicted octanol–water partition coefficient (Wildman–Crippen LogP) is 3.53. The molecule has 0 saturated carbocycles. The van der Waals surface area contributed by atoms with E-state index in [4.69, 9.17) is 4.74 Å². The largest absolute Gasteiger partial charge is 0.464 e. The Morgan fingerprint density at radius 2 is 2.00 bits per heavy atom. The first-order chi connectivity index (χ1) is 8.53. The number of hydrogen-bond donors (Lipinski definition) is 1. The number of hydrogen-bond acceptors (Lipinski definition) is 3. The van der Waals surface area contributed by atoms with Crippen LogP contribution in [0.15, 0.2) is 24.3 Å². The third kappa shape index (κ3) is 3.49. The van der Waals surface area contributed by atoms with Crippen LogP contribution in [-0.2, 0) is 9.53 Å². The molecule has 0 aliphatic rings. The minimum Gasteiger partial charge on any atom is -0.464 e. The first-order valence-corrected chi connectivity index (χ1v) is 6.54. The van der Waals surface area contributed by atoms with Crippen LogP contribution >= 0.6 is 0 Å². The first kappa shape index (κ1) is 14.6. The second kappa shape index (κ2) is 6.43. The molecule has 0 spiro atoms. The van der Waals surface area contributed by atoms with Gasteiger partial charge in [0.25, 0.3) is 0 Å². The Bertz CT molecular complexity index is 403. The van der Waals surface area contributed by atoms with Crippen molar-refractivity contribution < 1.29 is 9.53 Å². The molecule has 1 aromatic carbocycles. The van der Waals surface area contributed by atoms with Crippen LogP contribution in [0.4, 0.5) is 5.69 Å². The van der Waals surface area contributed by atoms with E-state index in [-0.39, 0.29) is 5.97 Å². The normalized spacial score (nSPS) is 13.8. The van der Waals surface area contributed by atoms with Crippen LogP contribution in [0.25, 0.3) is 0 Å². The Kier molecular flexibility index (Phi) is 5.20. The van der Waals surface area contributed by atoms with Crippen molar-refractivity contribution in [3.05, 3.63) is 29.8 Å². The van der Waals surface area contributed by atoms with Gasteiger partial charge in [-0.2, -0.15) is 0 Å². The average Bonchev–Trinajstić information content (AvgIpc) is 2.33. The molecule has 0 bridgehead atoms. The Morgan fingerprint density at radius 1 is 1.33 bits per heavy atom. The van der Waals surface area contributed by atoms with E-state index < -0.39 is 5.54 Å². The van der Waals surface area contributed by atoms with E-state index in [1.165, 1.54) is 0 Å². The van der Waals surface area contributed by atoms with Crippen molar-refractivity contribution in [1.82, 2.24) is 0 Å². The van der Waals surface area contributed by atoms with Crippen LogP contribution in [0.5, 0.6) is 0 Å². The number of ether oxygens (including phenoxy) is 1. The van der Waals surface area contributed by atoms with Crippen LogP contribution in [0, 0.1) is 6.92 Å². The van der Waals surface area contributed by atoms with Crippen molar-refractivity contribution >= 4 is 11.7 Å². The monoisotopic (exact) mass is 249 g/mol. The summed E-state index contributed by atoms with van der Waals surface area (Å²) < 4.78 is 5.17. The summed E-state index contributed by atoms with van der Waals surface area (Å²) in [5, 5.41) is 3.33. The number of rotatable bonds is 6. The molecule has 0 aromatic heterocycles. The Morgan fingerprint density at radius 3 is 2.56 bits per heavy atom. The SMILES string of the molecule is CCCC(C)(Nc1ccccc1C)C(=O)OCC. The van der Waals surface area contributed by atoms with Gasteiger partial charge in [0.1, 0.15) is 5.54 Å². The summed E-state index contributed by atoms with van der Waals surface area (Å²) in [4.78, 5) is 12.1. The van der Waals surface area contributed by atoms with Gasteiger partial charge in [-0.15, -0.1) is 0 Å². The first-order valence-electron chi connectivity index (χ1n) is 6.54. The number of benzene rings is 1. The second-order valence-electron chi connectivity index (χ2n) is 4.74. The van der Waals surface area contributed by atoms with E-state index in [1.54, 1.807) is 0 Å². The molecule has 1 rings (SSSR count). The van der Waals surface area contributed by atoms with E-state index in [0.717, 1.165) is 24.1 Å². The lowest BCUT2D eigenvalue weighted by Gasteiger charge is -2.30. The lowest BCUT2D eigenvalue weighted by atomic mass is 9.95. The van der Waals surface area contributed by atoms with Crippen molar-refractivity contribution in [3.63, 3.8) is 0 Å². The molecule has 1 atom stereocenters. The van der Waals surface area contributed by atoms with E-state index in [1.807, 2.05) is 45.0 Å². The summed E-state index contributed by atoms with van der Waals surface area (Å²) in [6, 6.07) is 7.97. The minimum atomic E-state index is -0.656. The standard InChI is InChI=1S/C15H23NO2/c1-5-11-15(4,14(17)18-6-2)16-13-10-8-7-9-12(13)3/h7-10,16H,5-6,11H2,1-4H3. The number of nitrogens with one attached hydrogen (secondary N) is 1. The highest BCUT2D eigenvalue weighted by Crippen LogP contribution is 2.24. The summed E-state index contributed by atoms with van der Waals surface area (Å²) in [7, 11) is 0. The molecule has 1 N–H and O–H groups in total. The molecule has 0 fully saturated rings. The molecule has 3 nitrogen and oxygen atoms in total. The molecular weight excluding hydrogens is 226 g/mol. The number of esters is 1. The van der Waals surface area contributed by atoms with Crippen LogP contribution in [0.3, 0.4) is 0 Å². The van der Waals surface area contributed by atoms with Gasteiger partial charge in [-0.3, -0.25) is 0 Å². The quantitative estimate of drug-likeness (QED) is 0.784. The van der Waals surface area contributed by atoms with Gasteiger partial charge in [0, 0.05) is 5.69 Å². The maximum Gasteiger partial charge on any atom is 0.331 e. The maximum absolute atomic E-state index is 12.1. The molecule has 0 heterocycles. The number of para-hydroxylation sites is 1. The maximum atomic E-state index is 12.1. The fraction of sp³-hybridized carbons (Fsp3) is 0.533. The minimum absolute atomic E-state index is 0.185. The van der Waals surface area contributed by atoms with Crippen LogP contribution < -0.4 is 5.32 Å². The molecule has 100 valence electrons. The van der Waals surface area contributed by atoms with Crippen LogP contribution in [-0.4, -0.2) is 18.1 Å². The second-order valence-corrected chi connectivity index (χ2v) is 4.74. The lowest BCUT2D eigenvalue weighted by Crippen LogP contribution is -2.44. The third-order valence-corrected chi connectivity index (χ3v) is 3.03. The lowest BCUT2D eigenvalue weighted by molar-refractivity contribution is -0.148. The molecule has 0 aliphatic carbocycles. The van der Waals surface area contributed by atoms with Crippen LogP contribution in [0.2, 0.25) is 0 Å². The predicted molar refractivity (Wildman–Crippen MR) is 74.7 cm³/mol. The number of carbonyl (C=O) groups is 1. The van der Waals surface area contributed by atoms with Gasteiger partial charge in [0.15, 0.2) is 0 Å². The summed E-state index contributed by atoms with van der Waals surface area (Å²) in [6.45, 7) is 8.24. The van der Waals surface area contributed by atoms with Gasteiger partial charge in [0.05, 0.1) is 6.61 Å². The van der Waals surface area contributed by atoms with Gasteiger partial charge in [-0.05, 0) is 38.8 Å². The highest BCUT2D eigenvalue weighted by atomic mass is 16.5. The topological polar surface area (TPSA) is 38.3 Å². The summed E-state index contributed by atoms with van der Waals surface area (Å²) in [5.74, 6) is -0.185. The molecule has 18 heavy (non-hydrogen) atoms. The zero-order valence-corrected chi connectivity index (χ0v) is 11.7. The molecule has 1 unspecified atom stereocenters. The van der Waals surface area contributed by atoms with Crippen molar-refractivity contribution in [2.24, 2.45) is 0 Å². The van der Waals surface area contributed by atoms with Gasteiger partial charge < -0.3 is 10.1 Å². The molecule has 0 aliphatic heterocycles. The van der Waals surface area contributed by atoms with E-state index in [2.05, 4.69) is 12.2 Å². The van der Waals surface area contributed by atoms with Crippen molar-refractivity contribution in [3.8, 4) is 0 Å². The van der Waals surface area contributed by atoms with Gasteiger partial charge in [-0.25, -0.2) is 4.79 Å². The zero-order valence-electron chi connectivity index (χ0n) is 11.7. The highest BCUT2D eigenvalue weighted by Gasteiger charge is 2.33. The summed E-state index contributed by atoms with van der Waals surface area (Å²) in [6.07, 6.45) is 1.67. The van der Waals surface area contributed by atoms with Gasteiger partial charge in [0.2, 0.25) is 0 Å². The molecule has 1 aromatic rings. The van der Waals surface area contributed by atoms with Crippen molar-refractivity contribution in [1.29, 1.82) is 0 Å². The third-order valence-electron chi connectivity index (χ3n) is 3.03. The van der Waals surface area contributed by atoms with E-state index in [0.29, 0.717) is 6.61 Å². The fourth-order valence-electron chi connectivity index (χ4n) is 2.02.